The number of hydrogen-bond acceptors (Lipinski definition) is 6. The van der Waals surface area contributed by atoms with E-state index < -0.39 is 0 Å². The molecule has 0 aliphatic carbocycles. The van der Waals surface area contributed by atoms with E-state index in [9.17, 15) is 4.79 Å². The quantitative estimate of drug-likeness (QED) is 0.454. The summed E-state index contributed by atoms with van der Waals surface area (Å²) in [6.45, 7) is 3.20. The minimum atomic E-state index is -0.197. The predicted molar refractivity (Wildman–Crippen MR) is 134 cm³/mol. The lowest BCUT2D eigenvalue weighted by Crippen LogP contribution is -2.32. The molecule has 35 heavy (non-hydrogen) atoms. The van der Waals surface area contributed by atoms with Crippen LogP contribution in [0, 0.1) is 6.92 Å². The molecule has 0 bridgehead atoms. The average Bonchev–Trinajstić information content (AvgIpc) is 3.53. The van der Waals surface area contributed by atoms with Crippen molar-refractivity contribution in [2.75, 3.05) is 19.4 Å². The van der Waals surface area contributed by atoms with Crippen LogP contribution in [0.2, 0.25) is 0 Å². The molecule has 2 aromatic carbocycles. The number of nitrogen functional groups attached to an aromatic ring is 1. The lowest BCUT2D eigenvalue weighted by Gasteiger charge is -2.27. The van der Waals surface area contributed by atoms with Crippen molar-refractivity contribution in [1.29, 1.82) is 0 Å². The van der Waals surface area contributed by atoms with Crippen LogP contribution in [0.1, 0.15) is 46.3 Å². The summed E-state index contributed by atoms with van der Waals surface area (Å²) in [4.78, 5) is 29.0. The maximum atomic E-state index is 13.9. The van der Waals surface area contributed by atoms with Crippen LogP contribution in [0.25, 0.3) is 11.1 Å². The highest BCUT2D eigenvalue weighted by Crippen LogP contribution is 2.38. The minimum absolute atomic E-state index is 0.00496. The van der Waals surface area contributed by atoms with Crippen molar-refractivity contribution < 1.29 is 9.53 Å². The number of carbonyl (C=O) groups excluding carboxylic acids is 1. The van der Waals surface area contributed by atoms with Crippen LogP contribution in [-0.4, -0.2) is 44.0 Å². The molecular weight excluding hydrogens is 440 g/mol. The molecule has 0 radical (unpaired) electrons. The van der Waals surface area contributed by atoms with Gasteiger partial charge in [-0.1, -0.05) is 30.3 Å². The highest BCUT2D eigenvalue weighted by molar-refractivity contribution is 5.96. The van der Waals surface area contributed by atoms with E-state index in [4.69, 9.17) is 10.5 Å². The van der Waals surface area contributed by atoms with Gasteiger partial charge in [-0.25, -0.2) is 15.0 Å². The van der Waals surface area contributed by atoms with E-state index in [1.807, 2.05) is 71.1 Å². The monoisotopic (exact) mass is 468 g/mol. The second-order valence-corrected chi connectivity index (χ2v) is 8.68. The van der Waals surface area contributed by atoms with E-state index in [0.717, 1.165) is 46.8 Å². The molecule has 4 aromatic rings. The largest absolute Gasteiger partial charge is 0.497 e. The molecule has 0 unspecified atom stereocenters. The number of rotatable bonds is 6. The summed E-state index contributed by atoms with van der Waals surface area (Å²) >= 11 is 0. The SMILES string of the molecule is COc1cccc(-c2cnc(N)nc2[C@H]2CCCN2C(=O)c2ccccc2Cn2ccnc2C)c1. The Balaban J connectivity index is 1.51. The molecule has 8 nitrogen and oxygen atoms in total. The molecule has 1 amide bonds. The summed E-state index contributed by atoms with van der Waals surface area (Å²) in [7, 11) is 1.64. The number of imidazole rings is 1. The van der Waals surface area contributed by atoms with Crippen molar-refractivity contribution in [2.24, 2.45) is 0 Å². The number of aromatic nitrogens is 4. The molecule has 1 atom stereocenters. The van der Waals surface area contributed by atoms with Crippen molar-refractivity contribution in [3.63, 3.8) is 0 Å². The summed E-state index contributed by atoms with van der Waals surface area (Å²) in [5.74, 6) is 1.84. The Morgan fingerprint density at radius 1 is 1.17 bits per heavy atom. The molecule has 1 aliphatic heterocycles. The van der Waals surface area contributed by atoms with Gasteiger partial charge in [0.25, 0.3) is 5.91 Å². The number of hydrogen-bond donors (Lipinski definition) is 1. The maximum absolute atomic E-state index is 13.9. The zero-order valence-electron chi connectivity index (χ0n) is 19.9. The molecular formula is C27H28N6O2. The van der Waals surface area contributed by atoms with Crippen molar-refractivity contribution in [1.82, 2.24) is 24.4 Å². The second-order valence-electron chi connectivity index (χ2n) is 8.68. The fourth-order valence-corrected chi connectivity index (χ4v) is 4.75. The first-order valence-electron chi connectivity index (χ1n) is 11.7. The number of methoxy groups -OCH3 is 1. The fourth-order valence-electron chi connectivity index (χ4n) is 4.75. The molecule has 1 saturated heterocycles. The number of amides is 1. The summed E-state index contributed by atoms with van der Waals surface area (Å²) in [5, 5.41) is 0. The Kier molecular flexibility index (Phi) is 6.18. The lowest BCUT2D eigenvalue weighted by atomic mass is 9.99. The minimum Gasteiger partial charge on any atom is -0.497 e. The highest BCUT2D eigenvalue weighted by Gasteiger charge is 2.34. The van der Waals surface area contributed by atoms with Crippen LogP contribution < -0.4 is 10.5 Å². The Bertz CT molecular complexity index is 1370. The van der Waals surface area contributed by atoms with E-state index in [0.29, 0.717) is 18.7 Å². The third-order valence-corrected chi connectivity index (χ3v) is 6.56. The van der Waals surface area contributed by atoms with Crippen LogP contribution in [0.5, 0.6) is 5.75 Å². The molecule has 2 aromatic heterocycles. The molecule has 0 saturated carbocycles. The number of carbonyl (C=O) groups is 1. The second kappa shape index (κ2) is 9.58. The Morgan fingerprint density at radius 2 is 2.03 bits per heavy atom. The van der Waals surface area contributed by atoms with Crippen LogP contribution >= 0.6 is 0 Å². The molecule has 8 heteroatoms. The summed E-state index contributed by atoms with van der Waals surface area (Å²) in [5.41, 5.74) is 10.2. The van der Waals surface area contributed by atoms with Gasteiger partial charge in [-0.05, 0) is 49.1 Å². The number of likely N-dealkylation sites (tertiary alicyclic amines) is 1. The molecule has 1 aliphatic rings. The average molecular weight is 469 g/mol. The number of benzene rings is 2. The summed E-state index contributed by atoms with van der Waals surface area (Å²) in [6, 6.07) is 15.3. The fraction of sp³-hybridized carbons (Fsp3) is 0.259. The van der Waals surface area contributed by atoms with Gasteiger partial charge in [-0.3, -0.25) is 4.79 Å². The Morgan fingerprint density at radius 3 is 2.83 bits per heavy atom. The summed E-state index contributed by atoms with van der Waals surface area (Å²) in [6.07, 6.45) is 7.14. The van der Waals surface area contributed by atoms with Gasteiger partial charge in [0.05, 0.1) is 18.8 Å². The molecule has 3 heterocycles. The van der Waals surface area contributed by atoms with E-state index in [-0.39, 0.29) is 17.9 Å². The van der Waals surface area contributed by atoms with Crippen molar-refractivity contribution in [2.45, 2.75) is 32.4 Å². The van der Waals surface area contributed by atoms with Crippen molar-refractivity contribution in [3.05, 3.63) is 89.8 Å². The zero-order valence-corrected chi connectivity index (χ0v) is 19.9. The zero-order chi connectivity index (χ0) is 24.4. The highest BCUT2D eigenvalue weighted by atomic mass is 16.5. The smallest absolute Gasteiger partial charge is 0.254 e. The molecule has 1 fully saturated rings. The first-order chi connectivity index (χ1) is 17.0. The number of nitrogens with two attached hydrogens (primary N) is 1. The number of aryl methyl sites for hydroxylation is 1. The van der Waals surface area contributed by atoms with Gasteiger partial charge >= 0.3 is 0 Å². The first-order valence-corrected chi connectivity index (χ1v) is 11.7. The standard InChI is InChI=1S/C27H28N6O2/c1-18-29-12-14-32(18)17-20-7-3-4-10-22(20)26(34)33-13-6-11-24(33)25-23(16-30-27(28)31-25)19-8-5-9-21(15-19)35-2/h3-5,7-10,12,14-16,24H,6,11,13,17H2,1-2H3,(H2,28,30,31)/t24-/m1/s1. The van der Waals surface area contributed by atoms with Gasteiger partial charge in [0.1, 0.15) is 11.6 Å². The van der Waals surface area contributed by atoms with Crippen LogP contribution in [0.4, 0.5) is 5.95 Å². The lowest BCUT2D eigenvalue weighted by molar-refractivity contribution is 0.0732. The third-order valence-electron chi connectivity index (χ3n) is 6.56. The Hall–Kier alpha value is -4.20. The van der Waals surface area contributed by atoms with Crippen LogP contribution in [0.3, 0.4) is 0 Å². The van der Waals surface area contributed by atoms with Gasteiger partial charge in [0, 0.05) is 42.8 Å². The molecule has 2 N–H and O–H groups in total. The maximum Gasteiger partial charge on any atom is 0.254 e. The van der Waals surface area contributed by atoms with E-state index in [2.05, 4.69) is 15.0 Å². The van der Waals surface area contributed by atoms with E-state index >= 15 is 0 Å². The predicted octanol–water partition coefficient (Wildman–Crippen LogP) is 4.26. The number of nitrogens with zero attached hydrogens (tertiary/aromatic N) is 5. The number of ether oxygens (including phenoxy) is 1. The molecule has 5 rings (SSSR count). The normalized spacial score (nSPS) is 15.4. The van der Waals surface area contributed by atoms with Crippen molar-refractivity contribution in [3.8, 4) is 16.9 Å². The van der Waals surface area contributed by atoms with Crippen LogP contribution in [-0.2, 0) is 6.54 Å². The van der Waals surface area contributed by atoms with E-state index in [1.54, 1.807) is 19.5 Å². The third kappa shape index (κ3) is 4.47. The van der Waals surface area contributed by atoms with Crippen molar-refractivity contribution >= 4 is 11.9 Å². The molecule has 178 valence electrons. The van der Waals surface area contributed by atoms with Crippen LogP contribution in [0.15, 0.2) is 67.1 Å². The van der Waals surface area contributed by atoms with Gasteiger partial charge in [0.2, 0.25) is 5.95 Å². The van der Waals surface area contributed by atoms with Gasteiger partial charge in [-0.2, -0.15) is 0 Å². The topological polar surface area (TPSA) is 99.2 Å². The summed E-state index contributed by atoms with van der Waals surface area (Å²) < 4.78 is 7.45. The van der Waals surface area contributed by atoms with Gasteiger partial charge in [0.15, 0.2) is 0 Å². The Labute approximate surface area is 204 Å². The molecule has 0 spiro atoms. The van der Waals surface area contributed by atoms with E-state index in [1.165, 1.54) is 0 Å². The number of anilines is 1. The van der Waals surface area contributed by atoms with Gasteiger partial charge < -0.3 is 19.9 Å². The first kappa shape index (κ1) is 22.6. The van der Waals surface area contributed by atoms with Gasteiger partial charge in [-0.15, -0.1) is 0 Å².